The minimum Gasteiger partial charge on any atom is -0.352 e. The molecule has 0 fully saturated rings. The molecule has 8 heteroatoms. The highest BCUT2D eigenvalue weighted by Crippen LogP contribution is 2.10. The molecule has 0 unspecified atom stereocenters. The van der Waals surface area contributed by atoms with E-state index in [0.717, 1.165) is 24.1 Å². The van der Waals surface area contributed by atoms with Crippen molar-refractivity contribution in [2.24, 2.45) is 14.1 Å². The first-order chi connectivity index (χ1) is 10.1. The first-order valence-electron chi connectivity index (χ1n) is 6.86. The van der Waals surface area contributed by atoms with Crippen LogP contribution in [0.3, 0.4) is 0 Å². The van der Waals surface area contributed by atoms with Crippen molar-refractivity contribution in [3.8, 4) is 0 Å². The normalized spacial score (nSPS) is 15.2. The Hall–Kier alpha value is -2.35. The zero-order valence-electron chi connectivity index (χ0n) is 12.1. The average Bonchev–Trinajstić information content (AvgIpc) is 2.94. The predicted octanol–water partition coefficient (Wildman–Crippen LogP) is -0.708. The molecule has 0 radical (unpaired) electrons. The molecule has 21 heavy (non-hydrogen) atoms. The Labute approximate surface area is 120 Å². The van der Waals surface area contributed by atoms with Gasteiger partial charge in [0.15, 0.2) is 11.2 Å². The van der Waals surface area contributed by atoms with Gasteiger partial charge in [0.2, 0.25) is 5.95 Å². The highest BCUT2D eigenvalue weighted by Gasteiger charge is 2.13. The van der Waals surface area contributed by atoms with Crippen LogP contribution >= 0.6 is 0 Å². The molecule has 1 aliphatic rings. The van der Waals surface area contributed by atoms with Crippen LogP contribution in [0.5, 0.6) is 0 Å². The third-order valence-electron chi connectivity index (χ3n) is 3.74. The zero-order valence-corrected chi connectivity index (χ0v) is 12.1. The van der Waals surface area contributed by atoms with Crippen molar-refractivity contribution in [2.45, 2.75) is 6.42 Å². The molecular weight excluding hydrogens is 272 g/mol. The van der Waals surface area contributed by atoms with Gasteiger partial charge in [-0.3, -0.25) is 13.9 Å². The molecule has 0 saturated heterocycles. The van der Waals surface area contributed by atoms with E-state index in [9.17, 15) is 9.59 Å². The molecule has 0 spiro atoms. The van der Waals surface area contributed by atoms with Crippen molar-refractivity contribution in [1.82, 2.24) is 24.4 Å². The fraction of sp³-hybridized carbons (Fsp3) is 0.462. The van der Waals surface area contributed by atoms with Crippen LogP contribution in [-0.4, -0.2) is 38.7 Å². The highest BCUT2D eigenvalue weighted by atomic mass is 16.2. The van der Waals surface area contributed by atoms with E-state index in [0.29, 0.717) is 23.7 Å². The summed E-state index contributed by atoms with van der Waals surface area (Å²) in [7, 11) is 3.06. The van der Waals surface area contributed by atoms with Crippen LogP contribution in [0.2, 0.25) is 0 Å². The third-order valence-corrected chi connectivity index (χ3v) is 3.74. The Kier molecular flexibility index (Phi) is 3.38. The molecule has 0 atom stereocenters. The van der Waals surface area contributed by atoms with Crippen LogP contribution in [0.4, 0.5) is 5.95 Å². The van der Waals surface area contributed by atoms with Gasteiger partial charge in [-0.1, -0.05) is 11.6 Å². The van der Waals surface area contributed by atoms with Gasteiger partial charge in [0.05, 0.1) is 0 Å². The average molecular weight is 290 g/mol. The van der Waals surface area contributed by atoms with Crippen LogP contribution in [0.1, 0.15) is 6.42 Å². The summed E-state index contributed by atoms with van der Waals surface area (Å²) in [6.45, 7) is 2.53. The number of nitrogens with zero attached hydrogens (tertiary/aromatic N) is 3. The van der Waals surface area contributed by atoms with E-state index < -0.39 is 0 Å². The lowest BCUT2D eigenvalue weighted by Crippen LogP contribution is -2.36. The SMILES string of the molecule is Cn1c(=O)c2[nH]c(NCC3=CCNCC3)nc2n(C)c1=O. The molecule has 2 aromatic heterocycles. The maximum atomic E-state index is 12.1. The lowest BCUT2D eigenvalue weighted by Gasteiger charge is -2.13. The van der Waals surface area contributed by atoms with Crippen LogP contribution < -0.4 is 21.9 Å². The minimum absolute atomic E-state index is 0.335. The lowest BCUT2D eigenvalue weighted by atomic mass is 10.1. The van der Waals surface area contributed by atoms with E-state index in [4.69, 9.17) is 0 Å². The van der Waals surface area contributed by atoms with Gasteiger partial charge in [0.25, 0.3) is 5.56 Å². The molecule has 0 saturated carbocycles. The smallest absolute Gasteiger partial charge is 0.332 e. The maximum Gasteiger partial charge on any atom is 0.332 e. The number of rotatable bonds is 3. The molecule has 3 heterocycles. The molecule has 3 N–H and O–H groups in total. The second-order valence-corrected chi connectivity index (χ2v) is 5.16. The number of nitrogens with one attached hydrogen (secondary N) is 3. The summed E-state index contributed by atoms with van der Waals surface area (Å²) < 4.78 is 2.43. The van der Waals surface area contributed by atoms with Crippen molar-refractivity contribution in [2.75, 3.05) is 25.0 Å². The summed E-state index contributed by atoms with van der Waals surface area (Å²) in [5.41, 5.74) is 1.25. The summed E-state index contributed by atoms with van der Waals surface area (Å²) in [5, 5.41) is 6.42. The number of hydrogen-bond donors (Lipinski definition) is 3. The van der Waals surface area contributed by atoms with E-state index in [1.54, 1.807) is 7.05 Å². The molecule has 0 aliphatic carbocycles. The molecule has 0 aromatic carbocycles. The molecule has 3 rings (SSSR count). The van der Waals surface area contributed by atoms with Crippen LogP contribution in [0.15, 0.2) is 21.2 Å². The van der Waals surface area contributed by atoms with E-state index in [1.807, 2.05) is 0 Å². The topological polar surface area (TPSA) is 96.7 Å². The predicted molar refractivity (Wildman–Crippen MR) is 80.6 cm³/mol. The number of anilines is 1. The van der Waals surface area contributed by atoms with E-state index in [2.05, 4.69) is 26.7 Å². The van der Waals surface area contributed by atoms with Crippen molar-refractivity contribution >= 4 is 17.1 Å². The summed E-state index contributed by atoms with van der Waals surface area (Å²) in [5.74, 6) is 0.503. The molecule has 0 amide bonds. The van der Waals surface area contributed by atoms with Gasteiger partial charge in [-0.2, -0.15) is 4.98 Å². The van der Waals surface area contributed by atoms with Gasteiger partial charge < -0.3 is 15.6 Å². The molecule has 1 aliphatic heterocycles. The summed E-state index contributed by atoms with van der Waals surface area (Å²) in [6.07, 6.45) is 3.14. The van der Waals surface area contributed by atoms with Gasteiger partial charge in [0, 0.05) is 27.2 Å². The number of imidazole rings is 1. The van der Waals surface area contributed by atoms with Gasteiger partial charge >= 0.3 is 5.69 Å². The van der Waals surface area contributed by atoms with E-state index >= 15 is 0 Å². The fourth-order valence-corrected chi connectivity index (χ4v) is 2.44. The Morgan fingerprint density at radius 3 is 2.86 bits per heavy atom. The number of aryl methyl sites for hydroxylation is 1. The second kappa shape index (κ2) is 5.21. The first-order valence-corrected chi connectivity index (χ1v) is 6.86. The largest absolute Gasteiger partial charge is 0.352 e. The minimum atomic E-state index is -0.383. The summed E-state index contributed by atoms with van der Waals surface area (Å²) in [6, 6.07) is 0. The maximum absolute atomic E-state index is 12.1. The van der Waals surface area contributed by atoms with Crippen LogP contribution in [0.25, 0.3) is 11.2 Å². The quantitative estimate of drug-likeness (QED) is 0.649. The number of H-pyrrole nitrogens is 1. The Balaban J connectivity index is 1.93. The van der Waals surface area contributed by atoms with Gasteiger partial charge in [0.1, 0.15) is 0 Å². The van der Waals surface area contributed by atoms with Crippen LogP contribution in [-0.2, 0) is 14.1 Å². The Morgan fingerprint density at radius 2 is 2.14 bits per heavy atom. The van der Waals surface area contributed by atoms with E-state index in [1.165, 1.54) is 17.2 Å². The molecule has 112 valence electrons. The number of hydrogen-bond acceptors (Lipinski definition) is 5. The van der Waals surface area contributed by atoms with Crippen molar-refractivity contribution in [3.63, 3.8) is 0 Å². The molecule has 2 aromatic rings. The van der Waals surface area contributed by atoms with Gasteiger partial charge in [-0.05, 0) is 13.0 Å². The second-order valence-electron chi connectivity index (χ2n) is 5.16. The summed E-state index contributed by atoms with van der Waals surface area (Å²) in [4.78, 5) is 31.2. The van der Waals surface area contributed by atoms with E-state index in [-0.39, 0.29) is 11.2 Å². The Morgan fingerprint density at radius 1 is 1.33 bits per heavy atom. The highest BCUT2D eigenvalue weighted by molar-refractivity contribution is 5.72. The fourth-order valence-electron chi connectivity index (χ4n) is 2.44. The first kappa shape index (κ1) is 13.6. The number of fused-ring (bicyclic) bond motifs is 1. The van der Waals surface area contributed by atoms with Crippen molar-refractivity contribution in [1.29, 1.82) is 0 Å². The third kappa shape index (κ3) is 2.38. The van der Waals surface area contributed by atoms with Crippen molar-refractivity contribution < 1.29 is 0 Å². The molecule has 8 nitrogen and oxygen atoms in total. The van der Waals surface area contributed by atoms with Crippen LogP contribution in [0, 0.1) is 0 Å². The van der Waals surface area contributed by atoms with Gasteiger partial charge in [-0.25, -0.2) is 4.79 Å². The standard InChI is InChI=1S/C13H18N6O2/c1-18-10-9(11(20)19(2)13(18)21)16-12(17-10)15-7-8-3-5-14-6-4-8/h3,14H,4-7H2,1-2H3,(H2,15,16,17). The van der Waals surface area contributed by atoms with Crippen molar-refractivity contribution in [3.05, 3.63) is 32.5 Å². The van der Waals surface area contributed by atoms with Gasteiger partial charge in [-0.15, -0.1) is 0 Å². The zero-order chi connectivity index (χ0) is 15.0. The molecule has 0 bridgehead atoms. The monoisotopic (exact) mass is 290 g/mol. The Bertz CT molecular complexity index is 826. The number of aromatic nitrogens is 4. The molecular formula is C13H18N6O2. The summed E-state index contributed by atoms with van der Waals surface area (Å²) >= 11 is 0. The lowest BCUT2D eigenvalue weighted by molar-refractivity contribution is 0.697. The number of aromatic amines is 1.